The molecule has 1 aromatic heterocycles. The number of carbonyl (C=O) groups excluding carboxylic acids is 5. The van der Waals surface area contributed by atoms with Crippen LogP contribution in [-0.2, 0) is 47.7 Å². The molecular weight excluding hydrogens is 660 g/mol. The quantitative estimate of drug-likeness (QED) is 0.105. The normalized spacial score (nSPS) is 38.2. The number of aliphatic carboxylic acids is 1. The number of rotatable bonds is 12. The molecule has 15 heteroatoms. The van der Waals surface area contributed by atoms with Crippen molar-refractivity contribution < 1.29 is 72.6 Å². The van der Waals surface area contributed by atoms with Crippen molar-refractivity contribution in [2.24, 2.45) is 28.6 Å². The number of aliphatic hydroxyl groups excluding tert-OH is 2. The van der Waals surface area contributed by atoms with E-state index in [1.54, 1.807) is 19.9 Å². The molecule has 1 aliphatic heterocycles. The van der Waals surface area contributed by atoms with Crippen LogP contribution < -0.4 is 0 Å². The lowest BCUT2D eigenvalue weighted by Crippen LogP contribution is -2.72. The third-order valence-corrected chi connectivity index (χ3v) is 11.7. The fourth-order valence-electron chi connectivity index (χ4n) is 8.85. The minimum Gasteiger partial charge on any atom is -0.481 e. The summed E-state index contributed by atoms with van der Waals surface area (Å²) in [5.41, 5.74) is -8.30. The lowest BCUT2D eigenvalue weighted by Gasteiger charge is -2.61. The Balaban J connectivity index is 2.11. The highest BCUT2D eigenvalue weighted by Gasteiger charge is 2.77. The van der Waals surface area contributed by atoms with E-state index >= 15 is 0 Å². The highest BCUT2D eigenvalue weighted by atomic mass is 16.6. The summed E-state index contributed by atoms with van der Waals surface area (Å²) in [6.45, 7) is 11.8. The minimum absolute atomic E-state index is 0.0360. The largest absolute Gasteiger partial charge is 0.481 e. The van der Waals surface area contributed by atoms with Gasteiger partial charge in [-0.1, -0.05) is 40.7 Å². The summed E-state index contributed by atoms with van der Waals surface area (Å²) in [6.07, 6.45) is -5.55. The zero-order chi connectivity index (χ0) is 37.6. The molecule has 2 saturated carbocycles. The Labute approximate surface area is 288 Å². The maximum absolute atomic E-state index is 14.3. The van der Waals surface area contributed by atoms with Gasteiger partial charge in [-0.05, 0) is 30.0 Å². The Morgan fingerprint density at radius 1 is 1.16 bits per heavy atom. The number of carbonyl (C=O) groups is 6. The molecule has 12 atom stereocenters. The fraction of sp³-hybridized carbons (Fsp3) is 0.657. The second kappa shape index (κ2) is 13.9. The van der Waals surface area contributed by atoms with Gasteiger partial charge in [0.1, 0.15) is 23.9 Å². The lowest BCUT2D eigenvalue weighted by atomic mass is 9.46. The van der Waals surface area contributed by atoms with Gasteiger partial charge in [-0.2, -0.15) is 0 Å². The van der Waals surface area contributed by atoms with Crippen LogP contribution in [0.3, 0.4) is 0 Å². The summed E-state index contributed by atoms with van der Waals surface area (Å²) in [4.78, 5) is 78.7. The van der Waals surface area contributed by atoms with Crippen LogP contribution in [-0.4, -0.2) is 98.8 Å². The summed E-state index contributed by atoms with van der Waals surface area (Å²) in [5.74, 6) is -9.88. The first-order chi connectivity index (χ1) is 23.3. The van der Waals surface area contributed by atoms with E-state index in [1.165, 1.54) is 33.3 Å². The molecule has 4 rings (SSSR count). The van der Waals surface area contributed by atoms with Gasteiger partial charge in [0.05, 0.1) is 37.4 Å². The maximum atomic E-state index is 14.3. The molecule has 50 heavy (non-hydrogen) atoms. The van der Waals surface area contributed by atoms with Crippen LogP contribution in [0.5, 0.6) is 0 Å². The zero-order valence-corrected chi connectivity index (χ0v) is 29.0. The van der Waals surface area contributed by atoms with Gasteiger partial charge in [0, 0.05) is 36.5 Å². The van der Waals surface area contributed by atoms with Crippen molar-refractivity contribution in [2.45, 2.75) is 109 Å². The van der Waals surface area contributed by atoms with Crippen LogP contribution in [0.25, 0.3) is 0 Å². The van der Waals surface area contributed by atoms with Crippen molar-refractivity contribution in [2.75, 3.05) is 6.61 Å². The number of fused-ring (bicyclic) bond motifs is 1. The van der Waals surface area contributed by atoms with Crippen molar-refractivity contribution in [1.82, 2.24) is 0 Å². The molecule has 0 spiro atoms. The number of Topliss-reactive ketones (excluding diaryl/α,β-unsaturated/α-hetero) is 1. The average Bonchev–Trinajstić information content (AvgIpc) is 3.64. The molecule has 12 unspecified atom stereocenters. The Hall–Kier alpha value is -4.08. The second-order valence-corrected chi connectivity index (χ2v) is 14.4. The van der Waals surface area contributed by atoms with Gasteiger partial charge in [0.25, 0.3) is 6.47 Å². The smallest absolute Gasteiger partial charge is 0.335 e. The molecule has 0 aromatic carbocycles. The van der Waals surface area contributed by atoms with Gasteiger partial charge >= 0.3 is 23.9 Å². The molecule has 2 aliphatic carbocycles. The molecule has 0 bridgehead atoms. The summed E-state index contributed by atoms with van der Waals surface area (Å²) < 4.78 is 28.4. The van der Waals surface area contributed by atoms with Gasteiger partial charge in [-0.25, -0.2) is 4.79 Å². The van der Waals surface area contributed by atoms with Crippen LogP contribution >= 0.6 is 0 Å². The average molecular weight is 707 g/mol. The Morgan fingerprint density at radius 2 is 1.82 bits per heavy atom. The number of esters is 3. The number of aliphatic hydroxyl groups is 3. The van der Waals surface area contributed by atoms with E-state index in [-0.39, 0.29) is 18.5 Å². The molecule has 276 valence electrons. The van der Waals surface area contributed by atoms with Crippen molar-refractivity contribution in [1.29, 1.82) is 0 Å². The van der Waals surface area contributed by atoms with Gasteiger partial charge in [0.15, 0.2) is 17.5 Å². The number of hydrogen-bond acceptors (Lipinski definition) is 14. The van der Waals surface area contributed by atoms with Gasteiger partial charge in [0.2, 0.25) is 0 Å². The minimum atomic E-state index is -2.60. The molecule has 15 nitrogen and oxygen atoms in total. The molecular formula is C35H46O15. The maximum Gasteiger partial charge on any atom is 0.335 e. The van der Waals surface area contributed by atoms with Crippen LogP contribution in [0.1, 0.15) is 78.7 Å². The molecule has 3 fully saturated rings. The number of cyclic esters (lactones) is 1. The van der Waals surface area contributed by atoms with Gasteiger partial charge in [-0.15, -0.1) is 0 Å². The topological polar surface area (TPSA) is 233 Å². The number of ketones is 1. The van der Waals surface area contributed by atoms with Crippen LogP contribution in [0.4, 0.5) is 0 Å². The van der Waals surface area contributed by atoms with Crippen molar-refractivity contribution in [3.05, 3.63) is 36.3 Å². The van der Waals surface area contributed by atoms with E-state index in [9.17, 15) is 49.2 Å². The summed E-state index contributed by atoms with van der Waals surface area (Å²) in [6, 6.07) is 1.55. The van der Waals surface area contributed by atoms with E-state index in [4.69, 9.17) is 23.4 Å². The van der Waals surface area contributed by atoms with Crippen LogP contribution in [0.2, 0.25) is 0 Å². The molecule has 0 amide bonds. The number of carboxylic acids is 1. The van der Waals surface area contributed by atoms with E-state index < -0.39 is 119 Å². The molecule has 1 saturated heterocycles. The lowest BCUT2D eigenvalue weighted by molar-refractivity contribution is -0.238. The monoisotopic (exact) mass is 706 g/mol. The van der Waals surface area contributed by atoms with Crippen molar-refractivity contribution in [3.8, 4) is 0 Å². The SMILES string of the molecule is C=C1C(C2(C)C(OC(C)=O)CC(=O)OC(C)(CO)C2CC(=O)O)C(OC=O)C(OC(=O)C(O)C(C)CC)C2(C)C(c3ccoc3)CC(=O)C12O. The zero-order valence-electron chi connectivity index (χ0n) is 29.0. The predicted molar refractivity (Wildman–Crippen MR) is 169 cm³/mol. The third-order valence-electron chi connectivity index (χ3n) is 11.7. The first-order valence-electron chi connectivity index (χ1n) is 16.5. The highest BCUT2D eigenvalue weighted by Crippen LogP contribution is 2.68. The summed E-state index contributed by atoms with van der Waals surface area (Å²) >= 11 is 0. The number of carboxylic acid groups (broad SMARTS) is 1. The van der Waals surface area contributed by atoms with E-state index in [0.717, 1.165) is 6.92 Å². The number of hydrogen-bond donors (Lipinski definition) is 4. The van der Waals surface area contributed by atoms with Crippen molar-refractivity contribution in [3.63, 3.8) is 0 Å². The molecule has 0 radical (unpaired) electrons. The molecule has 3 aliphatic rings. The Kier molecular flexibility index (Phi) is 10.8. The first kappa shape index (κ1) is 38.7. The van der Waals surface area contributed by atoms with Gasteiger partial charge in [-0.3, -0.25) is 24.0 Å². The van der Waals surface area contributed by atoms with E-state index in [1.807, 2.05) is 0 Å². The van der Waals surface area contributed by atoms with Crippen LogP contribution in [0.15, 0.2) is 35.2 Å². The summed E-state index contributed by atoms with van der Waals surface area (Å²) in [7, 11) is 0. The van der Waals surface area contributed by atoms with E-state index in [2.05, 4.69) is 6.58 Å². The number of furan rings is 1. The van der Waals surface area contributed by atoms with Gasteiger partial charge < -0.3 is 43.8 Å². The Morgan fingerprint density at radius 3 is 2.34 bits per heavy atom. The van der Waals surface area contributed by atoms with Crippen molar-refractivity contribution >= 4 is 36.1 Å². The first-order valence-corrected chi connectivity index (χ1v) is 16.5. The fourth-order valence-corrected chi connectivity index (χ4v) is 8.85. The predicted octanol–water partition coefficient (Wildman–Crippen LogP) is 1.85. The Bertz CT molecular complexity index is 1520. The molecule has 4 N–H and O–H groups in total. The molecule has 2 heterocycles. The second-order valence-electron chi connectivity index (χ2n) is 14.4. The highest BCUT2D eigenvalue weighted by molar-refractivity contribution is 5.96. The summed E-state index contributed by atoms with van der Waals surface area (Å²) in [5, 5.41) is 44.6. The standard InChI is InChI=1S/C35H46O15/c1-8-17(2)28(43)31(44)49-30-29(47-16-37)27(18(3)35(45)23(39)11-21(34(30,35)7)20-9-10-46-14-20)33(6)22(12-25(40)41)32(5,15-36)50-26(42)13-24(33)48-19(4)38/h9-10,14,16-17,21-22,24,27-30,36,43,45H,3,8,11-13,15H2,1-2,4-7H3,(H,40,41). The van der Waals surface area contributed by atoms with E-state index in [0.29, 0.717) is 12.0 Å². The molecule has 1 aromatic rings. The number of ether oxygens (including phenoxy) is 4. The van der Waals surface area contributed by atoms with Crippen LogP contribution in [0, 0.1) is 28.6 Å². The third kappa shape index (κ3) is 5.92.